The van der Waals surface area contributed by atoms with Gasteiger partial charge in [0.15, 0.2) is 0 Å². The van der Waals surface area contributed by atoms with Gasteiger partial charge < -0.3 is 14.6 Å². The highest BCUT2D eigenvalue weighted by Gasteiger charge is 2.30. The molecule has 0 aromatic carbocycles. The smallest absolute Gasteiger partial charge is 0.252 e. The maximum atomic E-state index is 12.8. The first-order chi connectivity index (χ1) is 9.88. The van der Waals surface area contributed by atoms with E-state index in [1.165, 1.54) is 18.5 Å². The third kappa shape index (κ3) is 4.48. The normalized spacial score (nSPS) is 13.8. The Balaban J connectivity index is 3.12. The summed E-state index contributed by atoms with van der Waals surface area (Å²) in [6.07, 6.45) is 0. The van der Waals surface area contributed by atoms with Crippen molar-refractivity contribution in [3.63, 3.8) is 0 Å². The van der Waals surface area contributed by atoms with Crippen molar-refractivity contribution < 1.29 is 23.0 Å². The average molecular weight is 337 g/mol. The Morgan fingerprint density at radius 1 is 1.38 bits per heavy atom. The van der Waals surface area contributed by atoms with E-state index in [1.807, 2.05) is 0 Å². The van der Waals surface area contributed by atoms with Gasteiger partial charge in [0.05, 0.1) is 19.8 Å². The Kier molecular flexibility index (Phi) is 7.25. The van der Waals surface area contributed by atoms with Crippen LogP contribution in [0.25, 0.3) is 0 Å². The first-order valence-electron chi connectivity index (χ1n) is 6.58. The number of sulfonamides is 1. The monoisotopic (exact) mass is 337 g/mol. The number of methoxy groups -OCH3 is 2. The summed E-state index contributed by atoms with van der Waals surface area (Å²) in [6, 6.07) is 1.31. The lowest BCUT2D eigenvalue weighted by Crippen LogP contribution is -2.42. The number of nitrogens with zero attached hydrogens (tertiary/aromatic N) is 1. The van der Waals surface area contributed by atoms with Gasteiger partial charge in [-0.1, -0.05) is 0 Å². The molecule has 0 radical (unpaired) electrons. The van der Waals surface area contributed by atoms with Crippen molar-refractivity contribution in [2.45, 2.75) is 30.7 Å². The lowest BCUT2D eigenvalue weighted by Gasteiger charge is -2.27. The molecule has 0 aliphatic rings. The maximum Gasteiger partial charge on any atom is 0.252 e. The molecule has 1 unspecified atom stereocenters. The molecule has 1 N–H and O–H groups in total. The van der Waals surface area contributed by atoms with Crippen LogP contribution in [0, 0.1) is 6.92 Å². The first-order valence-corrected chi connectivity index (χ1v) is 8.84. The Bertz CT molecular complexity index is 541. The van der Waals surface area contributed by atoms with Gasteiger partial charge in [-0.25, -0.2) is 8.42 Å². The van der Waals surface area contributed by atoms with Crippen LogP contribution in [0.3, 0.4) is 0 Å². The Hall–Kier alpha value is -0.510. The molecule has 0 aliphatic carbocycles. The lowest BCUT2D eigenvalue weighted by molar-refractivity contribution is 0.119. The van der Waals surface area contributed by atoms with Gasteiger partial charge in [0, 0.05) is 31.7 Å². The van der Waals surface area contributed by atoms with E-state index in [0.29, 0.717) is 18.1 Å². The van der Waals surface area contributed by atoms with E-state index in [0.717, 1.165) is 16.9 Å². The number of hydrogen-bond donors (Lipinski definition) is 1. The van der Waals surface area contributed by atoms with Gasteiger partial charge in [-0.2, -0.15) is 4.31 Å². The molecule has 1 atom stereocenters. The minimum Gasteiger partial charge on any atom is -0.391 e. The van der Waals surface area contributed by atoms with Gasteiger partial charge in [0.2, 0.25) is 0 Å². The van der Waals surface area contributed by atoms with Crippen LogP contribution < -0.4 is 0 Å². The number of ether oxygens (including phenoxy) is 2. The third-order valence-corrected chi connectivity index (χ3v) is 6.80. The summed E-state index contributed by atoms with van der Waals surface area (Å²) in [5.41, 5.74) is 0.784. The molecule has 21 heavy (non-hydrogen) atoms. The van der Waals surface area contributed by atoms with Crippen molar-refractivity contribution >= 4 is 21.4 Å². The molecule has 6 nitrogen and oxygen atoms in total. The van der Waals surface area contributed by atoms with Crippen LogP contribution in [0.2, 0.25) is 0 Å². The zero-order valence-electron chi connectivity index (χ0n) is 12.8. The van der Waals surface area contributed by atoms with E-state index in [9.17, 15) is 13.5 Å². The summed E-state index contributed by atoms with van der Waals surface area (Å²) in [5.74, 6) is 0. The fraction of sp³-hybridized carbons (Fsp3) is 0.692. The van der Waals surface area contributed by atoms with E-state index < -0.39 is 10.0 Å². The minimum atomic E-state index is -3.63. The average Bonchev–Trinajstić information content (AvgIpc) is 2.81. The van der Waals surface area contributed by atoms with E-state index in [4.69, 9.17) is 9.47 Å². The number of thiophene rings is 1. The molecule has 1 aromatic rings. The number of aliphatic hydroxyl groups excluding tert-OH is 1. The van der Waals surface area contributed by atoms with Crippen LogP contribution in [-0.4, -0.2) is 57.8 Å². The highest BCUT2D eigenvalue weighted by atomic mass is 32.2. The maximum absolute atomic E-state index is 12.8. The van der Waals surface area contributed by atoms with Crippen LogP contribution in [0.5, 0.6) is 0 Å². The Labute approximate surface area is 130 Å². The van der Waals surface area contributed by atoms with Gasteiger partial charge in [0.1, 0.15) is 4.21 Å². The summed E-state index contributed by atoms with van der Waals surface area (Å²) in [5, 5.41) is 9.23. The van der Waals surface area contributed by atoms with Gasteiger partial charge in [0.25, 0.3) is 10.0 Å². The van der Waals surface area contributed by atoms with Crippen LogP contribution >= 0.6 is 11.3 Å². The third-order valence-electron chi connectivity index (χ3n) is 3.12. The second kappa shape index (κ2) is 8.21. The van der Waals surface area contributed by atoms with Crippen LogP contribution in [0.15, 0.2) is 10.3 Å². The molecule has 0 amide bonds. The summed E-state index contributed by atoms with van der Waals surface area (Å²) < 4.78 is 37.2. The number of aliphatic hydroxyl groups is 1. The fourth-order valence-electron chi connectivity index (χ4n) is 1.97. The summed E-state index contributed by atoms with van der Waals surface area (Å²) in [7, 11) is -0.555. The van der Waals surface area contributed by atoms with Gasteiger partial charge in [-0.15, -0.1) is 11.3 Å². The molecule has 0 aliphatic heterocycles. The second-order valence-corrected chi connectivity index (χ2v) is 8.00. The first kappa shape index (κ1) is 18.5. The standard InChI is InChI=1S/C13H23NO5S2/c1-10-7-13(20-12(10)8-15)21(16,17)14(5-6-18-3)11(2)9-19-4/h7,11,15H,5-6,8-9H2,1-4H3. The van der Waals surface area contributed by atoms with E-state index in [1.54, 1.807) is 19.9 Å². The fourth-order valence-corrected chi connectivity index (χ4v) is 5.15. The molecule has 8 heteroatoms. The molecule has 0 fully saturated rings. The van der Waals surface area contributed by atoms with Crippen molar-refractivity contribution in [3.8, 4) is 0 Å². The van der Waals surface area contributed by atoms with Crippen molar-refractivity contribution in [1.82, 2.24) is 4.31 Å². The van der Waals surface area contributed by atoms with Crippen molar-refractivity contribution in [1.29, 1.82) is 0 Å². The van der Waals surface area contributed by atoms with Gasteiger partial charge in [-0.05, 0) is 25.5 Å². The highest BCUT2D eigenvalue weighted by Crippen LogP contribution is 2.29. The molecule has 0 saturated carbocycles. The zero-order chi connectivity index (χ0) is 16.0. The SMILES string of the molecule is COCCN(C(C)COC)S(=O)(=O)c1cc(C)c(CO)s1. The molecule has 0 bridgehead atoms. The van der Waals surface area contributed by atoms with E-state index >= 15 is 0 Å². The van der Waals surface area contributed by atoms with E-state index in [2.05, 4.69) is 0 Å². The number of rotatable bonds is 9. The van der Waals surface area contributed by atoms with Crippen molar-refractivity contribution in [2.75, 3.05) is 34.0 Å². The largest absolute Gasteiger partial charge is 0.391 e. The minimum absolute atomic E-state index is 0.155. The van der Waals surface area contributed by atoms with Crippen molar-refractivity contribution in [2.24, 2.45) is 0 Å². The molecular formula is C13H23NO5S2. The van der Waals surface area contributed by atoms with Crippen LogP contribution in [-0.2, 0) is 26.1 Å². The quantitative estimate of drug-likeness (QED) is 0.733. The topological polar surface area (TPSA) is 76.1 Å². The Morgan fingerprint density at radius 3 is 2.52 bits per heavy atom. The molecule has 1 aromatic heterocycles. The molecule has 0 spiro atoms. The van der Waals surface area contributed by atoms with Crippen LogP contribution in [0.4, 0.5) is 0 Å². The predicted octanol–water partition coefficient (Wildman–Crippen LogP) is 1.22. The van der Waals surface area contributed by atoms with Gasteiger partial charge >= 0.3 is 0 Å². The Morgan fingerprint density at radius 2 is 2.05 bits per heavy atom. The molecule has 0 saturated heterocycles. The van der Waals surface area contributed by atoms with Gasteiger partial charge in [-0.3, -0.25) is 0 Å². The van der Waals surface area contributed by atoms with Crippen LogP contribution in [0.1, 0.15) is 17.4 Å². The number of aryl methyl sites for hydroxylation is 1. The second-order valence-electron chi connectivity index (χ2n) is 4.74. The highest BCUT2D eigenvalue weighted by molar-refractivity contribution is 7.91. The lowest BCUT2D eigenvalue weighted by atomic mass is 10.3. The summed E-state index contributed by atoms with van der Waals surface area (Å²) in [6.45, 7) is 4.31. The number of hydrogen-bond acceptors (Lipinski definition) is 6. The summed E-state index contributed by atoms with van der Waals surface area (Å²) in [4.78, 5) is 0.666. The zero-order valence-corrected chi connectivity index (χ0v) is 14.5. The summed E-state index contributed by atoms with van der Waals surface area (Å²) >= 11 is 1.10. The molecule has 1 heterocycles. The molecule has 122 valence electrons. The predicted molar refractivity (Wildman–Crippen MR) is 82.1 cm³/mol. The molecule has 1 rings (SSSR count). The van der Waals surface area contributed by atoms with E-state index in [-0.39, 0.29) is 23.4 Å². The van der Waals surface area contributed by atoms with Crippen molar-refractivity contribution in [3.05, 3.63) is 16.5 Å². The molecular weight excluding hydrogens is 314 g/mol.